The molecule has 0 aliphatic heterocycles. The van der Waals surface area contributed by atoms with Gasteiger partial charge in [-0.3, -0.25) is 0 Å². The van der Waals surface area contributed by atoms with E-state index in [-0.39, 0.29) is 0 Å². The van der Waals surface area contributed by atoms with Gasteiger partial charge in [-0.25, -0.2) is 0 Å². The molecule has 0 amide bonds. The van der Waals surface area contributed by atoms with E-state index in [4.69, 9.17) is 27.7 Å². The molecule has 0 fully saturated rings. The van der Waals surface area contributed by atoms with Gasteiger partial charge in [0.25, 0.3) is 0 Å². The number of hydrogen-bond donors (Lipinski definition) is 0. The second-order valence-electron chi connectivity index (χ2n) is 4.82. The first-order valence-corrected chi connectivity index (χ1v) is 7.22. The van der Waals surface area contributed by atoms with Gasteiger partial charge in [-0.15, -0.1) is 0 Å². The molecule has 4 rings (SSSR count). The van der Waals surface area contributed by atoms with E-state index in [1.165, 1.54) is 0 Å². The van der Waals surface area contributed by atoms with Gasteiger partial charge < -0.3 is 4.52 Å². The van der Waals surface area contributed by atoms with Crippen molar-refractivity contribution >= 4 is 44.9 Å². The van der Waals surface area contributed by atoms with Crippen LogP contribution in [-0.2, 0) is 0 Å². The summed E-state index contributed by atoms with van der Waals surface area (Å²) in [6.45, 7) is 0. The summed E-state index contributed by atoms with van der Waals surface area (Å²) in [7, 11) is 0. The third-order valence-corrected chi connectivity index (χ3v) is 4.29. The maximum absolute atomic E-state index is 6.08. The standard InChI is InChI=1S/C17H9Cl2NO/c18-14-8-6-11(9-15(14)19)17-13-7-5-10-3-1-2-4-12(10)16(13)20-21-17/h1-9H. The summed E-state index contributed by atoms with van der Waals surface area (Å²) in [6.07, 6.45) is 0. The monoisotopic (exact) mass is 313 g/mol. The summed E-state index contributed by atoms with van der Waals surface area (Å²) in [5, 5.41) is 8.42. The topological polar surface area (TPSA) is 26.0 Å². The average molecular weight is 314 g/mol. The minimum atomic E-state index is 0.500. The van der Waals surface area contributed by atoms with Crippen LogP contribution in [0.5, 0.6) is 0 Å². The van der Waals surface area contributed by atoms with Crippen LogP contribution in [0.15, 0.2) is 59.1 Å². The van der Waals surface area contributed by atoms with Crippen molar-refractivity contribution in [2.24, 2.45) is 0 Å². The lowest BCUT2D eigenvalue weighted by Crippen LogP contribution is -1.78. The SMILES string of the molecule is Clc1ccc(-c2onc3c2ccc2ccccc23)cc1Cl. The smallest absolute Gasteiger partial charge is 0.174 e. The molecule has 0 aliphatic rings. The molecule has 0 radical (unpaired) electrons. The first-order valence-electron chi connectivity index (χ1n) is 6.46. The molecule has 0 saturated heterocycles. The quantitative estimate of drug-likeness (QED) is 0.433. The fourth-order valence-corrected chi connectivity index (χ4v) is 2.82. The second kappa shape index (κ2) is 4.76. The molecule has 4 heteroatoms. The molecule has 2 nitrogen and oxygen atoms in total. The third kappa shape index (κ3) is 1.99. The highest BCUT2D eigenvalue weighted by molar-refractivity contribution is 6.42. The van der Waals surface area contributed by atoms with Gasteiger partial charge in [0, 0.05) is 10.9 Å². The van der Waals surface area contributed by atoms with Gasteiger partial charge in [0.15, 0.2) is 5.76 Å². The average Bonchev–Trinajstić information content (AvgIpc) is 2.94. The Hall–Kier alpha value is -2.03. The van der Waals surface area contributed by atoms with Crippen LogP contribution in [-0.4, -0.2) is 5.16 Å². The summed E-state index contributed by atoms with van der Waals surface area (Å²) in [5.74, 6) is 0.703. The molecule has 102 valence electrons. The van der Waals surface area contributed by atoms with Crippen LogP contribution in [0.3, 0.4) is 0 Å². The fourth-order valence-electron chi connectivity index (χ4n) is 2.52. The molecule has 21 heavy (non-hydrogen) atoms. The molecule has 0 saturated carbocycles. The zero-order valence-corrected chi connectivity index (χ0v) is 12.3. The van der Waals surface area contributed by atoms with Crippen LogP contribution in [0.2, 0.25) is 10.0 Å². The van der Waals surface area contributed by atoms with Gasteiger partial charge in [-0.1, -0.05) is 58.7 Å². The van der Waals surface area contributed by atoms with E-state index >= 15 is 0 Å². The molecule has 0 spiro atoms. The Morgan fingerprint density at radius 3 is 2.52 bits per heavy atom. The molecule has 1 heterocycles. The van der Waals surface area contributed by atoms with Crippen LogP contribution in [0.1, 0.15) is 0 Å². The molecule has 4 aromatic rings. The van der Waals surface area contributed by atoms with Gasteiger partial charge in [0.05, 0.1) is 15.4 Å². The van der Waals surface area contributed by atoms with E-state index in [0.29, 0.717) is 15.8 Å². The lowest BCUT2D eigenvalue weighted by atomic mass is 10.0. The molecule has 1 aromatic heterocycles. The predicted molar refractivity (Wildman–Crippen MR) is 87.0 cm³/mol. The highest BCUT2D eigenvalue weighted by Crippen LogP contribution is 2.35. The summed E-state index contributed by atoms with van der Waals surface area (Å²) in [4.78, 5) is 0. The van der Waals surface area contributed by atoms with Crippen molar-refractivity contribution < 1.29 is 4.52 Å². The Bertz CT molecular complexity index is 975. The van der Waals surface area contributed by atoms with E-state index in [2.05, 4.69) is 17.3 Å². The number of fused-ring (bicyclic) bond motifs is 3. The van der Waals surface area contributed by atoms with Crippen molar-refractivity contribution in [1.29, 1.82) is 0 Å². The summed E-state index contributed by atoms with van der Waals surface area (Å²) in [6, 6.07) is 17.6. The first kappa shape index (κ1) is 12.7. The highest BCUT2D eigenvalue weighted by atomic mass is 35.5. The normalized spacial score (nSPS) is 11.3. The van der Waals surface area contributed by atoms with E-state index in [1.807, 2.05) is 30.3 Å². The van der Waals surface area contributed by atoms with Gasteiger partial charge in [-0.05, 0) is 29.7 Å². The van der Waals surface area contributed by atoms with Crippen LogP contribution < -0.4 is 0 Å². The van der Waals surface area contributed by atoms with Gasteiger partial charge in [0.1, 0.15) is 5.52 Å². The molecule has 0 atom stereocenters. The Kier molecular flexibility index (Phi) is 2.88. The van der Waals surface area contributed by atoms with E-state index < -0.39 is 0 Å². The molecule has 0 N–H and O–H groups in total. The second-order valence-corrected chi connectivity index (χ2v) is 5.64. The molecule has 0 bridgehead atoms. The summed E-state index contributed by atoms with van der Waals surface area (Å²) in [5.41, 5.74) is 1.72. The number of nitrogens with zero attached hydrogens (tertiary/aromatic N) is 1. The van der Waals surface area contributed by atoms with Gasteiger partial charge in [-0.2, -0.15) is 0 Å². The Balaban J connectivity index is 2.02. The Morgan fingerprint density at radius 2 is 1.67 bits per heavy atom. The molecule has 0 aliphatic carbocycles. The minimum Gasteiger partial charge on any atom is -0.355 e. The maximum Gasteiger partial charge on any atom is 0.174 e. The Labute approximate surface area is 130 Å². The third-order valence-electron chi connectivity index (χ3n) is 3.56. The zero-order chi connectivity index (χ0) is 14.4. The highest BCUT2D eigenvalue weighted by Gasteiger charge is 2.13. The van der Waals surface area contributed by atoms with Gasteiger partial charge >= 0.3 is 0 Å². The van der Waals surface area contributed by atoms with E-state index in [9.17, 15) is 0 Å². The maximum atomic E-state index is 6.08. The van der Waals surface area contributed by atoms with Crippen molar-refractivity contribution in [1.82, 2.24) is 5.16 Å². The van der Waals surface area contributed by atoms with Crippen LogP contribution >= 0.6 is 23.2 Å². The molecular formula is C17H9Cl2NO. The fraction of sp³-hybridized carbons (Fsp3) is 0. The minimum absolute atomic E-state index is 0.500. The van der Waals surface area contributed by atoms with E-state index in [0.717, 1.165) is 27.2 Å². The van der Waals surface area contributed by atoms with Crippen molar-refractivity contribution in [3.05, 3.63) is 64.6 Å². The Morgan fingerprint density at radius 1 is 0.810 bits per heavy atom. The number of halogens is 2. The van der Waals surface area contributed by atoms with Crippen molar-refractivity contribution in [3.63, 3.8) is 0 Å². The summed E-state index contributed by atoms with van der Waals surface area (Å²) < 4.78 is 5.55. The van der Waals surface area contributed by atoms with Crippen LogP contribution in [0.25, 0.3) is 33.0 Å². The van der Waals surface area contributed by atoms with Crippen molar-refractivity contribution in [2.45, 2.75) is 0 Å². The molecule has 0 unspecified atom stereocenters. The van der Waals surface area contributed by atoms with Crippen molar-refractivity contribution in [3.8, 4) is 11.3 Å². The number of rotatable bonds is 1. The predicted octanol–water partition coefficient (Wildman–Crippen LogP) is 5.95. The largest absolute Gasteiger partial charge is 0.355 e. The number of aromatic nitrogens is 1. The molecule has 3 aromatic carbocycles. The van der Waals surface area contributed by atoms with Crippen LogP contribution in [0.4, 0.5) is 0 Å². The van der Waals surface area contributed by atoms with Gasteiger partial charge in [0.2, 0.25) is 0 Å². The zero-order valence-electron chi connectivity index (χ0n) is 10.8. The lowest BCUT2D eigenvalue weighted by Gasteiger charge is -2.01. The van der Waals surface area contributed by atoms with Crippen LogP contribution in [0, 0.1) is 0 Å². The summed E-state index contributed by atoms with van der Waals surface area (Å²) >= 11 is 12.0. The first-order chi connectivity index (χ1) is 10.2. The van der Waals surface area contributed by atoms with E-state index in [1.54, 1.807) is 12.1 Å². The lowest BCUT2D eigenvalue weighted by molar-refractivity contribution is 0.441. The van der Waals surface area contributed by atoms with Crippen molar-refractivity contribution in [2.75, 3.05) is 0 Å². The number of benzene rings is 3. The number of hydrogen-bond acceptors (Lipinski definition) is 2. The molecular weight excluding hydrogens is 305 g/mol.